The fraction of sp³-hybridized carbons (Fsp3) is 0.556. The summed E-state index contributed by atoms with van der Waals surface area (Å²) >= 11 is 1.33. The van der Waals surface area contributed by atoms with E-state index in [9.17, 15) is 14.4 Å². The number of aromatic nitrogens is 3. The number of nitrogens with zero attached hydrogens (tertiary/aromatic N) is 3. The summed E-state index contributed by atoms with van der Waals surface area (Å²) < 4.78 is 2.44. The molecule has 1 fully saturated rings. The largest absolute Gasteiger partial charge is 0.353 e. The third-order valence-corrected chi connectivity index (χ3v) is 6.14. The molecule has 0 radical (unpaired) electrons. The summed E-state index contributed by atoms with van der Waals surface area (Å²) in [5, 5.41) is 3.48. The lowest BCUT2D eigenvalue weighted by Crippen LogP contribution is -2.38. The van der Waals surface area contributed by atoms with E-state index in [1.165, 1.54) is 29.8 Å². The van der Waals surface area contributed by atoms with Crippen LogP contribution < -0.4 is 16.6 Å². The molecule has 1 N–H and O–H groups in total. The second-order valence-electron chi connectivity index (χ2n) is 6.87. The summed E-state index contributed by atoms with van der Waals surface area (Å²) in [5.41, 5.74) is 0.377. The van der Waals surface area contributed by atoms with E-state index in [2.05, 4.69) is 10.3 Å². The molecule has 0 aromatic carbocycles. The van der Waals surface area contributed by atoms with Crippen LogP contribution in [0.3, 0.4) is 0 Å². The second-order valence-corrected chi connectivity index (χ2v) is 7.85. The summed E-state index contributed by atoms with van der Waals surface area (Å²) in [7, 11) is 3.05. The number of fused-ring (bicyclic) bond motifs is 1. The van der Waals surface area contributed by atoms with Crippen molar-refractivity contribution in [1.29, 1.82) is 0 Å². The number of pyridine rings is 1. The van der Waals surface area contributed by atoms with Gasteiger partial charge in [0.1, 0.15) is 5.65 Å². The van der Waals surface area contributed by atoms with Crippen LogP contribution in [-0.4, -0.2) is 31.8 Å². The fourth-order valence-electron chi connectivity index (χ4n) is 3.44. The number of rotatable bonds is 4. The Balaban J connectivity index is 1.88. The molecule has 0 unspecified atom stereocenters. The summed E-state index contributed by atoms with van der Waals surface area (Å²) in [4.78, 5) is 42.0. The van der Waals surface area contributed by atoms with Crippen LogP contribution in [0.1, 0.15) is 37.7 Å². The first kappa shape index (κ1) is 18.7. The van der Waals surface area contributed by atoms with Crippen LogP contribution in [-0.2, 0) is 18.9 Å². The summed E-state index contributed by atoms with van der Waals surface area (Å²) in [6, 6.07) is 0.265. The Labute approximate surface area is 155 Å². The van der Waals surface area contributed by atoms with E-state index < -0.39 is 5.69 Å². The zero-order valence-corrected chi connectivity index (χ0v) is 16.2. The van der Waals surface area contributed by atoms with Gasteiger partial charge in [-0.05, 0) is 25.3 Å². The Morgan fingerprint density at radius 2 is 1.92 bits per heavy atom. The van der Waals surface area contributed by atoms with Crippen LogP contribution in [0.15, 0.2) is 20.7 Å². The second kappa shape index (κ2) is 7.65. The number of aryl methyl sites for hydroxylation is 2. The average Bonchev–Trinajstić information content (AvgIpc) is 2.64. The maximum Gasteiger partial charge on any atom is 0.332 e. The molecule has 0 saturated heterocycles. The van der Waals surface area contributed by atoms with E-state index >= 15 is 0 Å². The number of nitrogens with one attached hydrogen (secondary N) is 1. The van der Waals surface area contributed by atoms with Gasteiger partial charge >= 0.3 is 5.69 Å². The number of hydrogen-bond acceptors (Lipinski definition) is 5. The SMILES string of the molecule is Cc1cnc2c(c1SCC(=O)NC1CCCCC1)c(=O)n(C)c(=O)n2C. The van der Waals surface area contributed by atoms with Gasteiger partial charge in [-0.1, -0.05) is 19.3 Å². The molecule has 0 spiro atoms. The van der Waals surface area contributed by atoms with Gasteiger partial charge in [0, 0.05) is 31.2 Å². The number of carbonyl (C=O) groups excluding carboxylic acids is 1. The maximum absolute atomic E-state index is 12.6. The lowest BCUT2D eigenvalue weighted by Gasteiger charge is -2.22. The van der Waals surface area contributed by atoms with Crippen molar-refractivity contribution in [2.45, 2.75) is 50.0 Å². The van der Waals surface area contributed by atoms with Crippen molar-refractivity contribution in [3.63, 3.8) is 0 Å². The van der Waals surface area contributed by atoms with Crippen molar-refractivity contribution < 1.29 is 4.79 Å². The standard InChI is InChI=1S/C18H24N4O3S/c1-11-9-19-16-14(17(24)22(3)18(25)21(16)2)15(11)26-10-13(23)20-12-7-5-4-6-8-12/h9,12H,4-8,10H2,1-3H3,(H,20,23). The zero-order valence-electron chi connectivity index (χ0n) is 15.4. The van der Waals surface area contributed by atoms with E-state index in [1.54, 1.807) is 13.2 Å². The van der Waals surface area contributed by atoms with Gasteiger partial charge in [-0.3, -0.25) is 18.7 Å². The third kappa shape index (κ3) is 3.56. The predicted octanol–water partition coefficient (Wildman–Crippen LogP) is 1.48. The van der Waals surface area contributed by atoms with Crippen molar-refractivity contribution in [3.05, 3.63) is 32.6 Å². The van der Waals surface area contributed by atoms with Crippen LogP contribution in [0.4, 0.5) is 0 Å². The first-order chi connectivity index (χ1) is 12.4. The molecule has 1 aliphatic rings. The van der Waals surface area contributed by atoms with Gasteiger partial charge < -0.3 is 5.32 Å². The number of amides is 1. The molecule has 26 heavy (non-hydrogen) atoms. The Kier molecular flexibility index (Phi) is 5.50. The highest BCUT2D eigenvalue weighted by molar-refractivity contribution is 8.00. The van der Waals surface area contributed by atoms with Crippen molar-refractivity contribution in [2.75, 3.05) is 5.75 Å². The minimum Gasteiger partial charge on any atom is -0.353 e. The summed E-state index contributed by atoms with van der Waals surface area (Å²) in [6.45, 7) is 1.86. The van der Waals surface area contributed by atoms with E-state index in [0.29, 0.717) is 15.9 Å². The molecular formula is C18H24N4O3S. The van der Waals surface area contributed by atoms with Crippen LogP contribution >= 0.6 is 11.8 Å². The normalized spacial score (nSPS) is 15.3. The van der Waals surface area contributed by atoms with Crippen molar-refractivity contribution in [1.82, 2.24) is 19.4 Å². The smallest absolute Gasteiger partial charge is 0.332 e. The molecule has 0 bridgehead atoms. The van der Waals surface area contributed by atoms with Crippen molar-refractivity contribution in [3.8, 4) is 0 Å². The van der Waals surface area contributed by atoms with E-state index in [0.717, 1.165) is 35.8 Å². The van der Waals surface area contributed by atoms with Gasteiger partial charge in [0.25, 0.3) is 5.56 Å². The Morgan fingerprint density at radius 1 is 1.23 bits per heavy atom. The first-order valence-corrected chi connectivity index (χ1v) is 9.86. The number of carbonyl (C=O) groups is 1. The lowest BCUT2D eigenvalue weighted by molar-refractivity contribution is -0.119. The molecule has 7 nitrogen and oxygen atoms in total. The lowest BCUT2D eigenvalue weighted by atomic mass is 9.95. The molecule has 0 atom stereocenters. The van der Waals surface area contributed by atoms with Gasteiger partial charge in [0.15, 0.2) is 0 Å². The molecule has 1 saturated carbocycles. The molecule has 140 valence electrons. The van der Waals surface area contributed by atoms with Gasteiger partial charge in [-0.15, -0.1) is 11.8 Å². The van der Waals surface area contributed by atoms with Crippen LogP contribution in [0.5, 0.6) is 0 Å². The van der Waals surface area contributed by atoms with Gasteiger partial charge in [-0.2, -0.15) is 0 Å². The number of thioether (sulfide) groups is 1. The minimum atomic E-state index is -0.412. The topological polar surface area (TPSA) is 86.0 Å². The van der Waals surface area contributed by atoms with E-state index in [-0.39, 0.29) is 23.3 Å². The van der Waals surface area contributed by atoms with E-state index in [4.69, 9.17) is 0 Å². The van der Waals surface area contributed by atoms with Gasteiger partial charge in [-0.25, -0.2) is 9.78 Å². The van der Waals surface area contributed by atoms with Crippen LogP contribution in [0.25, 0.3) is 11.0 Å². The molecule has 2 aromatic heterocycles. The monoisotopic (exact) mass is 376 g/mol. The number of hydrogen-bond donors (Lipinski definition) is 1. The quantitative estimate of drug-likeness (QED) is 0.817. The van der Waals surface area contributed by atoms with Gasteiger partial charge in [0.05, 0.1) is 11.1 Å². The van der Waals surface area contributed by atoms with Crippen LogP contribution in [0, 0.1) is 6.92 Å². The molecular weight excluding hydrogens is 352 g/mol. The Bertz CT molecular complexity index is 958. The minimum absolute atomic E-state index is 0.0205. The molecule has 1 amide bonds. The molecule has 8 heteroatoms. The molecule has 0 aliphatic heterocycles. The summed E-state index contributed by atoms with van der Waals surface area (Å²) in [5.74, 6) is 0.218. The molecule has 2 heterocycles. The maximum atomic E-state index is 12.6. The first-order valence-electron chi connectivity index (χ1n) is 8.87. The summed E-state index contributed by atoms with van der Waals surface area (Å²) in [6.07, 6.45) is 7.28. The van der Waals surface area contributed by atoms with Crippen molar-refractivity contribution >= 4 is 28.7 Å². The highest BCUT2D eigenvalue weighted by atomic mass is 32.2. The zero-order chi connectivity index (χ0) is 18.8. The van der Waals surface area contributed by atoms with E-state index in [1.807, 2.05) is 6.92 Å². The van der Waals surface area contributed by atoms with Crippen LogP contribution in [0.2, 0.25) is 0 Å². The highest BCUT2D eigenvalue weighted by Crippen LogP contribution is 2.27. The fourth-order valence-corrected chi connectivity index (χ4v) is 4.40. The predicted molar refractivity (Wildman–Crippen MR) is 103 cm³/mol. The Hall–Kier alpha value is -2.09. The third-order valence-electron chi connectivity index (χ3n) is 4.92. The Morgan fingerprint density at radius 3 is 2.62 bits per heavy atom. The molecule has 3 rings (SSSR count). The molecule has 1 aliphatic carbocycles. The average molecular weight is 376 g/mol. The molecule has 2 aromatic rings. The highest BCUT2D eigenvalue weighted by Gasteiger charge is 2.19. The van der Waals surface area contributed by atoms with Crippen molar-refractivity contribution in [2.24, 2.45) is 14.1 Å². The van der Waals surface area contributed by atoms with Gasteiger partial charge in [0.2, 0.25) is 5.91 Å².